The number of carbonyl (C=O) groups is 1. The lowest BCUT2D eigenvalue weighted by Crippen LogP contribution is -2.47. The average Bonchev–Trinajstić information content (AvgIpc) is 3.14. The van der Waals surface area contributed by atoms with E-state index >= 15 is 0 Å². The Labute approximate surface area is 309 Å². The SMILES string of the molecule is Cc1cc(/C=C/C(=O)N2CCN(Cc3ccc(Oc4ccc(Cl)cc4)cc3)CC2)cc(C)c1Oc1ccc(OCc2ccc(C#N)cc2)cn1.Cl. The molecule has 1 amide bonds. The Bertz CT molecular complexity index is 1960. The van der Waals surface area contributed by atoms with Crippen LogP contribution in [-0.4, -0.2) is 46.9 Å². The minimum atomic E-state index is 0. The van der Waals surface area contributed by atoms with Gasteiger partial charge in [0, 0.05) is 49.9 Å². The Morgan fingerprint density at radius 2 is 1.43 bits per heavy atom. The Balaban J connectivity index is 0.00000504. The van der Waals surface area contributed by atoms with Crippen molar-refractivity contribution in [1.82, 2.24) is 14.8 Å². The first-order valence-electron chi connectivity index (χ1n) is 16.4. The van der Waals surface area contributed by atoms with Crippen LogP contribution in [0.4, 0.5) is 0 Å². The highest BCUT2D eigenvalue weighted by molar-refractivity contribution is 6.30. The maximum Gasteiger partial charge on any atom is 0.246 e. The summed E-state index contributed by atoms with van der Waals surface area (Å²) >= 11 is 5.96. The fraction of sp³-hybridized carbons (Fsp3) is 0.195. The topological polar surface area (TPSA) is 87.9 Å². The van der Waals surface area contributed by atoms with E-state index in [2.05, 4.69) is 28.1 Å². The molecule has 0 radical (unpaired) electrons. The summed E-state index contributed by atoms with van der Waals surface area (Å²) in [6.45, 7) is 8.14. The summed E-state index contributed by atoms with van der Waals surface area (Å²) in [5.74, 6) is 3.33. The third-order valence-electron chi connectivity index (χ3n) is 8.37. The second-order valence-electron chi connectivity index (χ2n) is 12.2. The van der Waals surface area contributed by atoms with Crippen molar-refractivity contribution in [3.8, 4) is 34.9 Å². The van der Waals surface area contributed by atoms with Crippen molar-refractivity contribution in [2.75, 3.05) is 26.2 Å². The lowest BCUT2D eigenvalue weighted by Gasteiger charge is -2.34. The molecule has 8 nitrogen and oxygen atoms in total. The van der Waals surface area contributed by atoms with Crippen LogP contribution in [0, 0.1) is 25.2 Å². The van der Waals surface area contributed by atoms with Crippen LogP contribution in [0.5, 0.6) is 28.9 Å². The van der Waals surface area contributed by atoms with Gasteiger partial charge >= 0.3 is 0 Å². The number of rotatable bonds is 11. The number of piperazine rings is 1. The van der Waals surface area contributed by atoms with Crippen LogP contribution in [0.3, 0.4) is 0 Å². The summed E-state index contributed by atoms with van der Waals surface area (Å²) in [4.78, 5) is 21.7. The predicted octanol–water partition coefficient (Wildman–Crippen LogP) is 9.17. The number of aromatic nitrogens is 1. The number of benzene rings is 4. The van der Waals surface area contributed by atoms with E-state index in [0.29, 0.717) is 41.9 Å². The van der Waals surface area contributed by atoms with Crippen LogP contribution < -0.4 is 14.2 Å². The second kappa shape index (κ2) is 17.6. The van der Waals surface area contributed by atoms with Gasteiger partial charge in [0.2, 0.25) is 11.8 Å². The number of carbonyl (C=O) groups excluding carboxylic acids is 1. The Morgan fingerprint density at radius 3 is 2.04 bits per heavy atom. The first-order valence-corrected chi connectivity index (χ1v) is 16.8. The van der Waals surface area contributed by atoms with Gasteiger partial charge in [-0.3, -0.25) is 9.69 Å². The zero-order valence-corrected chi connectivity index (χ0v) is 30.0. The second-order valence-corrected chi connectivity index (χ2v) is 12.6. The number of nitrogens with zero attached hydrogens (tertiary/aromatic N) is 4. The molecule has 0 saturated carbocycles. The lowest BCUT2D eigenvalue weighted by molar-refractivity contribution is -0.127. The van der Waals surface area contributed by atoms with Gasteiger partial charge in [-0.25, -0.2) is 4.98 Å². The number of ether oxygens (including phenoxy) is 3. The van der Waals surface area contributed by atoms with Crippen molar-refractivity contribution in [3.63, 3.8) is 0 Å². The number of hydrogen-bond acceptors (Lipinski definition) is 7. The highest BCUT2D eigenvalue weighted by atomic mass is 35.5. The molecule has 260 valence electrons. The monoisotopic (exact) mass is 720 g/mol. The highest BCUT2D eigenvalue weighted by Gasteiger charge is 2.20. The van der Waals surface area contributed by atoms with Crippen LogP contribution in [0.15, 0.2) is 109 Å². The summed E-state index contributed by atoms with van der Waals surface area (Å²) in [5.41, 5.74) is 5.59. The van der Waals surface area contributed by atoms with Gasteiger partial charge in [0.05, 0.1) is 17.8 Å². The molecular weight excluding hydrogens is 683 g/mol. The van der Waals surface area contributed by atoms with Crippen molar-refractivity contribution in [2.45, 2.75) is 27.0 Å². The molecule has 1 aromatic heterocycles. The van der Waals surface area contributed by atoms with E-state index in [1.54, 1.807) is 42.6 Å². The molecule has 1 aliphatic heterocycles. The van der Waals surface area contributed by atoms with Crippen molar-refractivity contribution in [2.24, 2.45) is 0 Å². The molecule has 51 heavy (non-hydrogen) atoms. The molecular formula is C41H38Cl2N4O4. The van der Waals surface area contributed by atoms with E-state index in [1.807, 2.05) is 79.4 Å². The molecule has 0 N–H and O–H groups in total. The van der Waals surface area contributed by atoms with Crippen LogP contribution >= 0.6 is 24.0 Å². The van der Waals surface area contributed by atoms with E-state index in [9.17, 15) is 4.79 Å². The van der Waals surface area contributed by atoms with E-state index in [-0.39, 0.29) is 18.3 Å². The molecule has 1 saturated heterocycles. The van der Waals surface area contributed by atoms with Gasteiger partial charge < -0.3 is 19.1 Å². The van der Waals surface area contributed by atoms with Crippen molar-refractivity contribution < 1.29 is 19.0 Å². The Hall–Kier alpha value is -5.33. The lowest BCUT2D eigenvalue weighted by atomic mass is 10.1. The van der Waals surface area contributed by atoms with Crippen LogP contribution in [0.2, 0.25) is 5.02 Å². The fourth-order valence-corrected chi connectivity index (χ4v) is 5.79. The molecule has 0 atom stereocenters. The first kappa shape index (κ1) is 36.9. The largest absolute Gasteiger partial charge is 0.487 e. The number of halogens is 2. The van der Waals surface area contributed by atoms with Crippen molar-refractivity contribution in [3.05, 3.63) is 148 Å². The van der Waals surface area contributed by atoms with Crippen molar-refractivity contribution >= 4 is 36.0 Å². The summed E-state index contributed by atoms with van der Waals surface area (Å²) in [7, 11) is 0. The molecule has 1 fully saturated rings. The quantitative estimate of drug-likeness (QED) is 0.126. The smallest absolute Gasteiger partial charge is 0.246 e. The van der Waals surface area contributed by atoms with Crippen LogP contribution in [-0.2, 0) is 17.9 Å². The summed E-state index contributed by atoms with van der Waals surface area (Å²) in [5, 5.41) is 9.63. The zero-order valence-electron chi connectivity index (χ0n) is 28.4. The van der Waals surface area contributed by atoms with Gasteiger partial charge in [0.1, 0.15) is 29.6 Å². The zero-order chi connectivity index (χ0) is 34.9. The highest BCUT2D eigenvalue weighted by Crippen LogP contribution is 2.30. The fourth-order valence-electron chi connectivity index (χ4n) is 5.66. The predicted molar refractivity (Wildman–Crippen MR) is 202 cm³/mol. The molecule has 0 unspecified atom stereocenters. The third-order valence-corrected chi connectivity index (χ3v) is 8.62. The third kappa shape index (κ3) is 10.3. The number of nitriles is 1. The summed E-state index contributed by atoms with van der Waals surface area (Å²) < 4.78 is 17.9. The van der Waals surface area contributed by atoms with Gasteiger partial charge in [-0.05, 0) is 114 Å². The van der Waals surface area contributed by atoms with Crippen LogP contribution in [0.25, 0.3) is 6.08 Å². The molecule has 1 aliphatic rings. The molecule has 4 aromatic carbocycles. The van der Waals surface area contributed by atoms with Gasteiger partial charge in [0.15, 0.2) is 0 Å². The van der Waals surface area contributed by atoms with E-state index in [0.717, 1.165) is 59.1 Å². The van der Waals surface area contributed by atoms with Gasteiger partial charge in [-0.15, -0.1) is 12.4 Å². The summed E-state index contributed by atoms with van der Waals surface area (Å²) in [6, 6.07) is 32.4. The number of aryl methyl sites for hydroxylation is 2. The molecule has 6 rings (SSSR count). The average molecular weight is 722 g/mol. The normalized spacial score (nSPS) is 12.9. The summed E-state index contributed by atoms with van der Waals surface area (Å²) in [6.07, 6.45) is 5.15. The molecule has 0 bridgehead atoms. The minimum Gasteiger partial charge on any atom is -0.487 e. The molecule has 0 spiro atoms. The molecule has 0 aliphatic carbocycles. The number of amides is 1. The number of hydrogen-bond donors (Lipinski definition) is 0. The maximum absolute atomic E-state index is 13.0. The minimum absolute atomic E-state index is 0. The number of pyridine rings is 1. The first-order chi connectivity index (χ1) is 24.3. The maximum atomic E-state index is 13.0. The standard InChI is InChI=1S/C41H37ClN4O4.ClH/c1-29-23-34(24-30(2)41(29)50-39-17-16-38(26-44-39)48-28-33-5-3-31(25-43)4-6-33)9-18-40(47)46-21-19-45(20-22-46)27-32-7-12-36(13-8-32)49-37-14-10-35(42)11-15-37;/h3-18,23-24,26H,19-22,27-28H2,1-2H3;1H/b18-9+;. The Kier molecular flexibility index (Phi) is 12.7. The van der Waals surface area contributed by atoms with Crippen molar-refractivity contribution in [1.29, 1.82) is 5.26 Å². The Morgan fingerprint density at radius 1 is 0.824 bits per heavy atom. The van der Waals surface area contributed by atoms with Gasteiger partial charge in [0.25, 0.3) is 0 Å². The molecule has 5 aromatic rings. The molecule has 2 heterocycles. The van der Waals surface area contributed by atoms with E-state index < -0.39 is 0 Å². The van der Waals surface area contributed by atoms with E-state index in [4.69, 9.17) is 31.1 Å². The van der Waals surface area contributed by atoms with E-state index in [1.165, 1.54) is 5.56 Å². The van der Waals surface area contributed by atoms with Gasteiger partial charge in [-0.1, -0.05) is 35.9 Å². The van der Waals surface area contributed by atoms with Gasteiger partial charge in [-0.2, -0.15) is 5.26 Å². The molecule has 10 heteroatoms. The van der Waals surface area contributed by atoms with Crippen LogP contribution in [0.1, 0.15) is 33.4 Å².